The van der Waals surface area contributed by atoms with Crippen molar-refractivity contribution >= 4 is 11.7 Å². The van der Waals surface area contributed by atoms with E-state index in [-0.39, 0.29) is 5.91 Å². The fraction of sp³-hybridized carbons (Fsp3) is 0.579. The van der Waals surface area contributed by atoms with E-state index in [0.29, 0.717) is 5.69 Å². The molecule has 4 rings (SSSR count). The third-order valence-electron chi connectivity index (χ3n) is 5.37. The normalized spacial score (nSPS) is 17.4. The van der Waals surface area contributed by atoms with Gasteiger partial charge in [-0.25, -0.2) is 4.98 Å². The molecule has 0 spiro atoms. The van der Waals surface area contributed by atoms with Crippen LogP contribution in [0.25, 0.3) is 0 Å². The topological polar surface area (TPSA) is 67.2 Å². The quantitative estimate of drug-likeness (QED) is 0.844. The van der Waals surface area contributed by atoms with Crippen LogP contribution < -0.4 is 4.90 Å². The third kappa shape index (κ3) is 3.43. The minimum atomic E-state index is -0.131. The summed E-state index contributed by atoms with van der Waals surface area (Å²) in [7, 11) is 3.44. The molecule has 2 aromatic rings. The molecule has 1 aliphatic heterocycles. The van der Waals surface area contributed by atoms with Crippen molar-refractivity contribution in [2.24, 2.45) is 5.92 Å². The molecule has 1 aliphatic carbocycles. The summed E-state index contributed by atoms with van der Waals surface area (Å²) in [6.07, 6.45) is 12.2. The van der Waals surface area contributed by atoms with Gasteiger partial charge >= 0.3 is 0 Å². The van der Waals surface area contributed by atoms with Gasteiger partial charge in [0.2, 0.25) is 0 Å². The molecule has 0 aromatic carbocycles. The lowest BCUT2D eigenvalue weighted by Crippen LogP contribution is -2.25. The van der Waals surface area contributed by atoms with E-state index in [1.807, 2.05) is 0 Å². The molecule has 7 heteroatoms. The maximum atomic E-state index is 12.1. The first-order valence-corrected chi connectivity index (χ1v) is 9.44. The van der Waals surface area contributed by atoms with Crippen LogP contribution >= 0.6 is 0 Å². The summed E-state index contributed by atoms with van der Waals surface area (Å²) in [5.41, 5.74) is 2.75. The monoisotopic (exact) mass is 354 g/mol. The van der Waals surface area contributed by atoms with E-state index < -0.39 is 0 Å². The zero-order valence-corrected chi connectivity index (χ0v) is 15.6. The zero-order chi connectivity index (χ0) is 18.1. The number of carbonyl (C=O) groups excluding carboxylic acids is 1. The van der Waals surface area contributed by atoms with Gasteiger partial charge in [-0.1, -0.05) is 19.3 Å². The Morgan fingerprint density at radius 1 is 1.19 bits per heavy atom. The Kier molecular flexibility index (Phi) is 4.61. The van der Waals surface area contributed by atoms with Gasteiger partial charge in [0.1, 0.15) is 11.5 Å². The lowest BCUT2D eigenvalue weighted by Gasteiger charge is -2.21. The van der Waals surface area contributed by atoms with Gasteiger partial charge in [0.05, 0.1) is 24.6 Å². The smallest absolute Gasteiger partial charge is 0.273 e. The van der Waals surface area contributed by atoms with Crippen molar-refractivity contribution in [3.8, 4) is 0 Å². The Morgan fingerprint density at radius 3 is 2.73 bits per heavy atom. The Labute approximate surface area is 154 Å². The molecule has 3 heterocycles. The van der Waals surface area contributed by atoms with E-state index in [9.17, 15) is 4.79 Å². The van der Waals surface area contributed by atoms with Crippen molar-refractivity contribution in [1.29, 1.82) is 0 Å². The van der Waals surface area contributed by atoms with Crippen molar-refractivity contribution < 1.29 is 4.79 Å². The maximum Gasteiger partial charge on any atom is 0.273 e. The van der Waals surface area contributed by atoms with E-state index in [1.54, 1.807) is 20.3 Å². The number of carbonyl (C=O) groups is 1. The van der Waals surface area contributed by atoms with Crippen LogP contribution in [0.15, 0.2) is 18.6 Å². The number of hydrogen-bond acceptors (Lipinski definition) is 5. The second kappa shape index (κ2) is 7.05. The van der Waals surface area contributed by atoms with Crippen LogP contribution in [0, 0.1) is 5.92 Å². The van der Waals surface area contributed by atoms with Crippen molar-refractivity contribution in [3.63, 3.8) is 0 Å². The Morgan fingerprint density at radius 2 is 2.00 bits per heavy atom. The van der Waals surface area contributed by atoms with Gasteiger partial charge in [0.15, 0.2) is 0 Å². The number of hydrogen-bond donors (Lipinski definition) is 0. The molecule has 0 radical (unpaired) electrons. The molecule has 1 fully saturated rings. The molecule has 2 aliphatic rings. The third-order valence-corrected chi connectivity index (χ3v) is 5.37. The minimum absolute atomic E-state index is 0.131. The summed E-state index contributed by atoms with van der Waals surface area (Å²) in [4.78, 5) is 24.4. The summed E-state index contributed by atoms with van der Waals surface area (Å²) < 4.78 is 2.13. The van der Waals surface area contributed by atoms with Crippen LogP contribution in [-0.4, -0.2) is 44.7 Å². The highest BCUT2D eigenvalue weighted by Gasteiger charge is 2.25. The van der Waals surface area contributed by atoms with Gasteiger partial charge in [0.25, 0.3) is 5.91 Å². The van der Waals surface area contributed by atoms with E-state index in [1.165, 1.54) is 48.8 Å². The lowest BCUT2D eigenvalue weighted by molar-refractivity contribution is 0.0821. The van der Waals surface area contributed by atoms with E-state index in [2.05, 4.69) is 25.7 Å². The van der Waals surface area contributed by atoms with Crippen LogP contribution in [0.3, 0.4) is 0 Å². The Bertz CT molecular complexity index is 770. The van der Waals surface area contributed by atoms with Crippen molar-refractivity contribution in [3.05, 3.63) is 35.5 Å². The molecule has 1 amide bonds. The first-order valence-electron chi connectivity index (χ1n) is 9.44. The molecule has 0 N–H and O–H groups in total. The van der Waals surface area contributed by atoms with Crippen LogP contribution in [0.1, 0.15) is 53.8 Å². The fourth-order valence-corrected chi connectivity index (χ4v) is 3.94. The van der Waals surface area contributed by atoms with Gasteiger partial charge in [-0.3, -0.25) is 14.5 Å². The number of rotatable bonds is 4. The highest BCUT2D eigenvalue weighted by molar-refractivity contribution is 5.91. The number of fused-ring (bicyclic) bond motifs is 1. The van der Waals surface area contributed by atoms with Gasteiger partial charge < -0.3 is 9.80 Å². The summed E-state index contributed by atoms with van der Waals surface area (Å²) in [6.45, 7) is 2.54. The molecule has 7 nitrogen and oxygen atoms in total. The van der Waals surface area contributed by atoms with Crippen LogP contribution in [0.5, 0.6) is 0 Å². The number of anilines is 1. The van der Waals surface area contributed by atoms with Crippen LogP contribution in [-0.2, 0) is 19.6 Å². The first kappa shape index (κ1) is 17.0. The molecule has 2 aromatic heterocycles. The van der Waals surface area contributed by atoms with Gasteiger partial charge in [0, 0.05) is 38.9 Å². The molecule has 0 unspecified atom stereocenters. The minimum Gasteiger partial charge on any atom is -0.345 e. The second-order valence-corrected chi connectivity index (χ2v) is 7.65. The molecule has 26 heavy (non-hydrogen) atoms. The molecular formula is C19H26N6O. The molecule has 1 saturated carbocycles. The Balaban J connectivity index is 1.43. The first-order chi connectivity index (χ1) is 12.6. The average molecular weight is 354 g/mol. The fourth-order valence-electron chi connectivity index (χ4n) is 3.94. The van der Waals surface area contributed by atoms with Gasteiger partial charge in [-0.15, -0.1) is 0 Å². The largest absolute Gasteiger partial charge is 0.345 e. The van der Waals surface area contributed by atoms with Crippen molar-refractivity contribution in [2.45, 2.75) is 51.7 Å². The number of nitrogens with zero attached hydrogens (tertiary/aromatic N) is 6. The summed E-state index contributed by atoms with van der Waals surface area (Å²) in [6, 6.07) is 0. The molecular weight excluding hydrogens is 328 g/mol. The molecule has 0 bridgehead atoms. The van der Waals surface area contributed by atoms with Crippen molar-refractivity contribution in [1.82, 2.24) is 24.6 Å². The lowest BCUT2D eigenvalue weighted by atomic mass is 9.89. The van der Waals surface area contributed by atoms with E-state index >= 15 is 0 Å². The second-order valence-electron chi connectivity index (χ2n) is 7.65. The summed E-state index contributed by atoms with van der Waals surface area (Å²) in [5, 5.41) is 4.80. The standard InChI is InChI=1S/C19H26N6O/c1-23(2)19(26)16-8-20-9-18(21-16)24-11-15-12-25(22-17(15)13-24)10-14-6-4-3-5-7-14/h8-9,12,14H,3-7,10-11,13H2,1-2H3. The van der Waals surface area contributed by atoms with Gasteiger partial charge in [-0.2, -0.15) is 5.10 Å². The SMILES string of the molecule is CN(C)C(=O)c1cncc(N2Cc3cn(CC4CCCCC4)nc3C2)n1. The Hall–Kier alpha value is -2.44. The van der Waals surface area contributed by atoms with E-state index in [0.717, 1.165) is 37.1 Å². The van der Waals surface area contributed by atoms with Gasteiger partial charge in [-0.05, 0) is 18.8 Å². The van der Waals surface area contributed by atoms with Crippen LogP contribution in [0.4, 0.5) is 5.82 Å². The highest BCUT2D eigenvalue weighted by Crippen LogP contribution is 2.28. The van der Waals surface area contributed by atoms with Crippen molar-refractivity contribution in [2.75, 3.05) is 19.0 Å². The number of amides is 1. The highest BCUT2D eigenvalue weighted by atomic mass is 16.2. The summed E-state index contributed by atoms with van der Waals surface area (Å²) >= 11 is 0. The van der Waals surface area contributed by atoms with Crippen LogP contribution in [0.2, 0.25) is 0 Å². The van der Waals surface area contributed by atoms with E-state index in [4.69, 9.17) is 5.10 Å². The summed E-state index contributed by atoms with van der Waals surface area (Å²) in [5.74, 6) is 1.38. The number of aromatic nitrogens is 4. The predicted octanol–water partition coefficient (Wildman–Crippen LogP) is 2.48. The molecule has 138 valence electrons. The maximum absolute atomic E-state index is 12.1. The molecule has 0 atom stereocenters. The zero-order valence-electron chi connectivity index (χ0n) is 15.6. The molecule has 0 saturated heterocycles. The predicted molar refractivity (Wildman–Crippen MR) is 98.7 cm³/mol. The average Bonchev–Trinajstić information content (AvgIpc) is 3.20.